The Morgan fingerprint density at radius 3 is 2.56 bits per heavy atom. The number of nitrogens with zero attached hydrogens (tertiary/aromatic N) is 2. The lowest BCUT2D eigenvalue weighted by Gasteiger charge is -2.39. The molecule has 1 aromatic rings. The number of hydrazone groups is 1. The van der Waals surface area contributed by atoms with E-state index in [0.29, 0.717) is 6.42 Å². The second kappa shape index (κ2) is 6.12. The highest BCUT2D eigenvalue weighted by molar-refractivity contribution is 5.99. The highest BCUT2D eigenvalue weighted by atomic mass is 19.4. The average Bonchev–Trinajstić information content (AvgIpc) is 2.88. The molecule has 1 aliphatic heterocycles. The number of carbonyl (C=O) groups excluding carboxylic acids is 1. The monoisotopic (exact) mass is 354 g/mol. The smallest absolute Gasteiger partial charge is 0.362 e. The Bertz CT molecular complexity index is 699. The lowest BCUT2D eigenvalue weighted by atomic mass is 9.74. The van der Waals surface area contributed by atoms with Crippen molar-refractivity contribution in [2.24, 2.45) is 16.9 Å². The number of aryl methyl sites for hydroxylation is 1. The molecule has 0 spiro atoms. The van der Waals surface area contributed by atoms with Gasteiger partial charge in [0, 0.05) is 11.3 Å². The minimum absolute atomic E-state index is 0.0725. The number of benzene rings is 1. The van der Waals surface area contributed by atoms with E-state index < -0.39 is 23.7 Å². The van der Waals surface area contributed by atoms with Crippen molar-refractivity contribution >= 4 is 11.6 Å². The largest absolute Gasteiger partial charge is 0.439 e. The number of alkyl halides is 3. The predicted octanol–water partition coefficient (Wildman–Crippen LogP) is 3.88. The molecule has 0 bridgehead atoms. The fraction of sp³-hybridized carbons (Fsp3) is 0.556. The van der Waals surface area contributed by atoms with E-state index in [1.165, 1.54) is 12.1 Å². The minimum Gasteiger partial charge on any atom is -0.362 e. The van der Waals surface area contributed by atoms with E-state index in [1.807, 2.05) is 13.8 Å². The van der Waals surface area contributed by atoms with Crippen LogP contribution in [0.15, 0.2) is 29.4 Å². The van der Waals surface area contributed by atoms with Crippen LogP contribution in [-0.2, 0) is 0 Å². The third-order valence-corrected chi connectivity index (χ3v) is 5.30. The maximum atomic E-state index is 13.8. The van der Waals surface area contributed by atoms with Crippen molar-refractivity contribution in [1.29, 1.82) is 0 Å². The zero-order valence-electron chi connectivity index (χ0n) is 14.2. The first-order valence-electron chi connectivity index (χ1n) is 8.46. The summed E-state index contributed by atoms with van der Waals surface area (Å²) in [4.78, 5) is 12.7. The summed E-state index contributed by atoms with van der Waals surface area (Å²) in [6.45, 7) is 3.74. The molecule has 3 rings (SSSR count). The maximum Gasteiger partial charge on any atom is 0.439 e. The van der Waals surface area contributed by atoms with Crippen molar-refractivity contribution in [2.75, 3.05) is 0 Å². The highest BCUT2D eigenvalue weighted by Crippen LogP contribution is 2.49. The summed E-state index contributed by atoms with van der Waals surface area (Å²) in [6, 6.07) is 6.18. The third-order valence-electron chi connectivity index (χ3n) is 5.30. The molecular weight excluding hydrogens is 333 g/mol. The molecule has 1 aliphatic carbocycles. The molecule has 25 heavy (non-hydrogen) atoms. The summed E-state index contributed by atoms with van der Waals surface area (Å²) >= 11 is 0. The van der Waals surface area contributed by atoms with Crippen LogP contribution in [0, 0.1) is 18.8 Å². The molecule has 1 heterocycles. The van der Waals surface area contributed by atoms with Crippen molar-refractivity contribution in [2.45, 2.75) is 51.4 Å². The number of halogens is 3. The second-order valence-electron chi connectivity index (χ2n) is 6.90. The van der Waals surface area contributed by atoms with Gasteiger partial charge in [0.15, 0.2) is 0 Å². The summed E-state index contributed by atoms with van der Waals surface area (Å²) in [5.74, 6) is -2.04. The Hall–Kier alpha value is -1.89. The molecule has 0 saturated heterocycles. The lowest BCUT2D eigenvalue weighted by Crippen LogP contribution is -2.61. The molecular formula is C18H21F3N2O2. The van der Waals surface area contributed by atoms with Gasteiger partial charge in [-0.3, -0.25) is 4.79 Å². The van der Waals surface area contributed by atoms with Crippen LogP contribution in [-0.4, -0.2) is 33.6 Å². The number of fused-ring (bicyclic) bond motifs is 1. The van der Waals surface area contributed by atoms with Crippen molar-refractivity contribution in [3.8, 4) is 0 Å². The molecule has 136 valence electrons. The molecule has 1 aromatic carbocycles. The average molecular weight is 354 g/mol. The summed E-state index contributed by atoms with van der Waals surface area (Å²) in [5.41, 5.74) is -2.05. The van der Waals surface area contributed by atoms with E-state index in [2.05, 4.69) is 5.10 Å². The van der Waals surface area contributed by atoms with Crippen molar-refractivity contribution in [3.05, 3.63) is 35.4 Å². The zero-order chi connectivity index (χ0) is 18.4. The number of aliphatic hydroxyl groups is 1. The Morgan fingerprint density at radius 2 is 2.00 bits per heavy atom. The number of amides is 1. The van der Waals surface area contributed by atoms with Gasteiger partial charge in [-0.05, 0) is 44.2 Å². The Balaban J connectivity index is 2.01. The first-order chi connectivity index (χ1) is 11.7. The van der Waals surface area contributed by atoms with Gasteiger partial charge in [0.2, 0.25) is 0 Å². The van der Waals surface area contributed by atoms with E-state index >= 15 is 0 Å². The number of hydrogen-bond donors (Lipinski definition) is 1. The van der Waals surface area contributed by atoms with Crippen LogP contribution in [0.1, 0.15) is 48.5 Å². The fourth-order valence-electron chi connectivity index (χ4n) is 3.69. The summed E-state index contributed by atoms with van der Waals surface area (Å²) < 4.78 is 41.5. The number of carbonyl (C=O) groups is 1. The predicted molar refractivity (Wildman–Crippen MR) is 86.9 cm³/mol. The van der Waals surface area contributed by atoms with E-state index in [9.17, 15) is 23.1 Å². The molecule has 1 N–H and O–H groups in total. The first kappa shape index (κ1) is 17.9. The molecule has 1 saturated carbocycles. The first-order valence-corrected chi connectivity index (χ1v) is 8.46. The van der Waals surface area contributed by atoms with Crippen LogP contribution in [0.4, 0.5) is 13.2 Å². The molecule has 3 atom stereocenters. The van der Waals surface area contributed by atoms with Gasteiger partial charge in [-0.25, -0.2) is 0 Å². The van der Waals surface area contributed by atoms with Crippen LogP contribution in [0.25, 0.3) is 0 Å². The topological polar surface area (TPSA) is 52.9 Å². The van der Waals surface area contributed by atoms with E-state index in [4.69, 9.17) is 0 Å². The molecule has 1 fully saturated rings. The van der Waals surface area contributed by atoms with Gasteiger partial charge >= 0.3 is 6.18 Å². The molecule has 0 radical (unpaired) electrons. The number of hydrogen-bond acceptors (Lipinski definition) is 3. The van der Waals surface area contributed by atoms with Crippen molar-refractivity contribution < 1.29 is 23.1 Å². The van der Waals surface area contributed by atoms with Gasteiger partial charge in [0.05, 0.1) is 5.92 Å². The molecule has 3 unspecified atom stereocenters. The van der Waals surface area contributed by atoms with Gasteiger partial charge in [-0.2, -0.15) is 23.3 Å². The standard InChI is InChI=1S/C18H21F3N2O2/c1-3-12-6-9-15-14(10-12)17(25,18(19,20)21)23(22-15)16(24)13-7-4-11(2)5-8-13/h4-5,7-8,12,14,25H,3,6,9-10H2,1-2H3. The Labute approximate surface area is 144 Å². The normalized spacial score (nSPS) is 29.4. The summed E-state index contributed by atoms with van der Waals surface area (Å²) in [6.07, 6.45) is -2.96. The summed E-state index contributed by atoms with van der Waals surface area (Å²) in [7, 11) is 0. The maximum absolute atomic E-state index is 13.8. The third kappa shape index (κ3) is 2.84. The second-order valence-corrected chi connectivity index (χ2v) is 6.90. The van der Waals surface area contributed by atoms with Gasteiger partial charge in [0.1, 0.15) is 0 Å². The Morgan fingerprint density at radius 1 is 1.36 bits per heavy atom. The van der Waals surface area contributed by atoms with E-state index in [1.54, 1.807) is 12.1 Å². The van der Waals surface area contributed by atoms with Crippen LogP contribution >= 0.6 is 0 Å². The molecule has 2 aliphatic rings. The van der Waals surface area contributed by atoms with Gasteiger partial charge in [-0.1, -0.05) is 31.0 Å². The van der Waals surface area contributed by atoms with Gasteiger partial charge in [0.25, 0.3) is 11.6 Å². The highest BCUT2D eigenvalue weighted by Gasteiger charge is 2.68. The molecule has 4 nitrogen and oxygen atoms in total. The lowest BCUT2D eigenvalue weighted by molar-refractivity contribution is -0.313. The quantitative estimate of drug-likeness (QED) is 0.876. The SMILES string of the molecule is CCC1CCC2=NN(C(=O)c3ccc(C)cc3)C(O)(C(F)(F)F)C2C1. The van der Waals surface area contributed by atoms with Crippen LogP contribution < -0.4 is 0 Å². The number of rotatable bonds is 2. The molecule has 0 aromatic heterocycles. The van der Waals surface area contributed by atoms with Gasteiger partial charge in [-0.15, -0.1) is 0 Å². The van der Waals surface area contributed by atoms with Crippen LogP contribution in [0.3, 0.4) is 0 Å². The molecule has 1 amide bonds. The fourth-order valence-corrected chi connectivity index (χ4v) is 3.69. The minimum atomic E-state index is -4.99. The van der Waals surface area contributed by atoms with E-state index in [0.717, 1.165) is 18.4 Å². The molecule has 7 heteroatoms. The zero-order valence-corrected chi connectivity index (χ0v) is 14.2. The van der Waals surface area contributed by atoms with Crippen molar-refractivity contribution in [3.63, 3.8) is 0 Å². The van der Waals surface area contributed by atoms with E-state index in [-0.39, 0.29) is 28.6 Å². The summed E-state index contributed by atoms with van der Waals surface area (Å²) in [5, 5.41) is 14.8. The van der Waals surface area contributed by atoms with Crippen LogP contribution in [0.2, 0.25) is 0 Å². The van der Waals surface area contributed by atoms with Gasteiger partial charge < -0.3 is 5.11 Å². The van der Waals surface area contributed by atoms with Crippen LogP contribution in [0.5, 0.6) is 0 Å². The van der Waals surface area contributed by atoms with Crippen molar-refractivity contribution in [1.82, 2.24) is 5.01 Å². The Kier molecular flexibility index (Phi) is 4.39.